The molecule has 0 radical (unpaired) electrons. The van der Waals surface area contributed by atoms with Crippen molar-refractivity contribution in [2.75, 3.05) is 0 Å². The van der Waals surface area contributed by atoms with Gasteiger partial charge in [0.1, 0.15) is 0 Å². The molecule has 0 saturated heterocycles. The Balaban J connectivity index is 0.00000144. The zero-order chi connectivity index (χ0) is 9.35. The fraction of sp³-hybridized carbons (Fsp3) is 0. The quantitative estimate of drug-likeness (QED) is 0.679. The molecule has 0 aliphatic carbocycles. The van der Waals surface area contributed by atoms with Crippen LogP contribution in [-0.4, -0.2) is 38.8 Å². The van der Waals surface area contributed by atoms with Crippen molar-refractivity contribution < 1.29 is 13.0 Å². The third kappa shape index (κ3) is 3.91. The summed E-state index contributed by atoms with van der Waals surface area (Å²) in [4.78, 5) is -0.127. The molecule has 1 rings (SSSR count). The van der Waals surface area contributed by atoms with E-state index in [-0.39, 0.29) is 30.7 Å². The molecular formula is C6H7Br2InO3S. The molecule has 0 aromatic heterocycles. The minimum atomic E-state index is -4.09. The molecule has 0 bridgehead atoms. The molecule has 0 heterocycles. The average Bonchev–Trinajstić information content (AvgIpc) is 1.92. The second kappa shape index (κ2) is 5.16. The van der Waals surface area contributed by atoms with Gasteiger partial charge in [-0.05, 0) is 50.1 Å². The van der Waals surface area contributed by atoms with Crippen molar-refractivity contribution in [1.29, 1.82) is 0 Å². The summed E-state index contributed by atoms with van der Waals surface area (Å²) in [6.45, 7) is 0. The Morgan fingerprint density at radius 1 is 1.15 bits per heavy atom. The first-order valence-corrected chi connectivity index (χ1v) is 5.86. The average molecular weight is 434 g/mol. The summed E-state index contributed by atoms with van der Waals surface area (Å²) in [5.74, 6) is 0. The molecule has 1 N–H and O–H groups in total. The van der Waals surface area contributed by atoms with Gasteiger partial charge in [0.05, 0.1) is 4.90 Å². The Morgan fingerprint density at radius 3 is 2.08 bits per heavy atom. The third-order valence-corrected chi connectivity index (χ3v) is 3.92. The van der Waals surface area contributed by atoms with E-state index in [1.54, 1.807) is 0 Å². The van der Waals surface area contributed by atoms with Gasteiger partial charge in [-0.1, -0.05) is 0 Å². The molecule has 0 spiro atoms. The first-order chi connectivity index (χ1) is 5.41. The van der Waals surface area contributed by atoms with Gasteiger partial charge in [-0.25, -0.2) is 0 Å². The number of rotatable bonds is 1. The fourth-order valence-corrected chi connectivity index (χ4v) is 1.92. The SMILES string of the molecule is O=S(=O)(O)c1ccc(Br)c(Br)c1.[InH3]. The molecule has 72 valence electrons. The maximum absolute atomic E-state index is 10.6. The Kier molecular flexibility index (Phi) is 5.54. The van der Waals surface area contributed by atoms with Gasteiger partial charge in [0, 0.05) is 8.95 Å². The molecule has 1 aromatic carbocycles. The zero-order valence-corrected chi connectivity index (χ0v) is 9.65. The van der Waals surface area contributed by atoms with Crippen LogP contribution in [0.1, 0.15) is 0 Å². The monoisotopic (exact) mass is 432 g/mol. The Morgan fingerprint density at radius 2 is 1.69 bits per heavy atom. The third-order valence-electron chi connectivity index (χ3n) is 1.19. The van der Waals surface area contributed by atoms with Crippen LogP contribution in [0.5, 0.6) is 0 Å². The van der Waals surface area contributed by atoms with E-state index < -0.39 is 10.1 Å². The molecule has 0 fully saturated rings. The van der Waals surface area contributed by atoms with Crippen LogP contribution < -0.4 is 0 Å². The summed E-state index contributed by atoms with van der Waals surface area (Å²) in [7, 11) is -4.09. The summed E-state index contributed by atoms with van der Waals surface area (Å²) in [5.41, 5.74) is 0. The molecule has 0 atom stereocenters. The second-order valence-corrected chi connectivity index (χ2v) is 5.18. The molecule has 7 heteroatoms. The van der Waals surface area contributed by atoms with Crippen LogP contribution >= 0.6 is 31.9 Å². The van der Waals surface area contributed by atoms with Crippen molar-refractivity contribution in [2.24, 2.45) is 0 Å². The minimum absolute atomic E-state index is 0. The maximum atomic E-state index is 10.6. The standard InChI is InChI=1S/C6H4Br2O3S.In.3H/c7-5-2-1-4(3-6(5)8)12(9,10)11;;;;/h1-3H,(H,9,10,11);;;;. The normalized spacial score (nSPS) is 10.7. The van der Waals surface area contributed by atoms with Gasteiger partial charge in [-0.2, -0.15) is 8.42 Å². The summed E-state index contributed by atoms with van der Waals surface area (Å²) < 4.78 is 31.2. The summed E-state index contributed by atoms with van der Waals surface area (Å²) >= 11 is 6.29. The van der Waals surface area contributed by atoms with E-state index in [9.17, 15) is 8.42 Å². The predicted molar refractivity (Wildman–Crippen MR) is 61.6 cm³/mol. The predicted octanol–water partition coefficient (Wildman–Crippen LogP) is 1.27. The van der Waals surface area contributed by atoms with Crippen molar-refractivity contribution in [3.05, 3.63) is 27.1 Å². The Labute approximate surface area is 112 Å². The van der Waals surface area contributed by atoms with E-state index >= 15 is 0 Å². The second-order valence-electron chi connectivity index (χ2n) is 2.05. The van der Waals surface area contributed by atoms with Gasteiger partial charge >= 0.3 is 25.8 Å². The van der Waals surface area contributed by atoms with E-state index in [1.165, 1.54) is 18.2 Å². The first kappa shape index (κ1) is 14.0. The molecular weight excluding hydrogens is 427 g/mol. The summed E-state index contributed by atoms with van der Waals surface area (Å²) in [6, 6.07) is 4.16. The number of halogens is 2. The molecule has 0 aliphatic heterocycles. The van der Waals surface area contributed by atoms with Gasteiger partial charge in [-0.3, -0.25) is 4.55 Å². The van der Waals surface area contributed by atoms with Crippen LogP contribution in [0, 0.1) is 0 Å². The Hall–Kier alpha value is 0.960. The van der Waals surface area contributed by atoms with Crippen molar-refractivity contribution in [1.82, 2.24) is 0 Å². The van der Waals surface area contributed by atoms with E-state index in [4.69, 9.17) is 4.55 Å². The molecule has 13 heavy (non-hydrogen) atoms. The molecule has 3 nitrogen and oxygen atoms in total. The van der Waals surface area contributed by atoms with E-state index in [0.29, 0.717) is 4.47 Å². The van der Waals surface area contributed by atoms with Gasteiger partial charge in [0.2, 0.25) is 0 Å². The number of benzene rings is 1. The molecule has 0 aliphatic rings. The van der Waals surface area contributed by atoms with Gasteiger partial charge in [-0.15, -0.1) is 0 Å². The summed E-state index contributed by atoms with van der Waals surface area (Å²) in [5, 5.41) is 0. The number of hydrogen-bond acceptors (Lipinski definition) is 2. The van der Waals surface area contributed by atoms with Crippen LogP contribution in [0.15, 0.2) is 32.0 Å². The van der Waals surface area contributed by atoms with Crippen LogP contribution in [0.25, 0.3) is 0 Å². The van der Waals surface area contributed by atoms with Crippen LogP contribution in [0.4, 0.5) is 0 Å². The van der Waals surface area contributed by atoms with Gasteiger partial charge in [0.25, 0.3) is 10.1 Å². The van der Waals surface area contributed by atoms with E-state index in [0.717, 1.165) is 4.47 Å². The van der Waals surface area contributed by atoms with Crippen LogP contribution in [-0.2, 0) is 10.1 Å². The first-order valence-electron chi connectivity index (χ1n) is 2.84. The van der Waals surface area contributed by atoms with Crippen LogP contribution in [0.3, 0.4) is 0 Å². The molecule has 0 amide bonds. The van der Waals surface area contributed by atoms with E-state index in [1.807, 2.05) is 0 Å². The number of hydrogen-bond donors (Lipinski definition) is 1. The van der Waals surface area contributed by atoms with Crippen molar-refractivity contribution >= 4 is 67.8 Å². The van der Waals surface area contributed by atoms with Gasteiger partial charge in [0.15, 0.2) is 0 Å². The van der Waals surface area contributed by atoms with Gasteiger partial charge < -0.3 is 0 Å². The van der Waals surface area contributed by atoms with Crippen molar-refractivity contribution in [2.45, 2.75) is 4.90 Å². The Bertz CT molecular complexity index is 404. The van der Waals surface area contributed by atoms with Crippen molar-refractivity contribution in [3.8, 4) is 0 Å². The molecule has 0 unspecified atom stereocenters. The zero-order valence-electron chi connectivity index (χ0n) is 5.66. The van der Waals surface area contributed by atoms with Crippen molar-refractivity contribution in [3.63, 3.8) is 0 Å². The topological polar surface area (TPSA) is 54.4 Å². The molecule has 1 aromatic rings. The fourth-order valence-electron chi connectivity index (χ4n) is 0.637. The molecule has 0 saturated carbocycles. The summed E-state index contributed by atoms with van der Waals surface area (Å²) in [6.07, 6.45) is 0. The van der Waals surface area contributed by atoms with E-state index in [2.05, 4.69) is 31.9 Å². The van der Waals surface area contributed by atoms with Crippen LogP contribution in [0.2, 0.25) is 0 Å².